The maximum Gasteiger partial charge on any atom is 0.264 e. The van der Waals surface area contributed by atoms with Crippen molar-refractivity contribution in [3.05, 3.63) is 94.5 Å². The van der Waals surface area contributed by atoms with Crippen molar-refractivity contribution in [2.75, 3.05) is 17.4 Å². The second kappa shape index (κ2) is 13.1. The Labute approximate surface area is 234 Å². The number of para-hydroxylation sites is 1. The minimum Gasteiger partial charge on any atom is -0.354 e. The normalized spacial score (nSPS) is 12.2. The topological polar surface area (TPSA) is 86.8 Å². The molecule has 0 saturated heterocycles. The molecule has 10 heteroatoms. The summed E-state index contributed by atoms with van der Waals surface area (Å²) in [5.41, 5.74) is 1.02. The van der Waals surface area contributed by atoms with Gasteiger partial charge in [-0.05, 0) is 66.9 Å². The quantitative estimate of drug-likeness (QED) is 0.332. The van der Waals surface area contributed by atoms with Gasteiger partial charge in [0.05, 0.1) is 10.6 Å². The molecule has 0 aromatic heterocycles. The number of amides is 2. The van der Waals surface area contributed by atoms with Crippen LogP contribution in [0.3, 0.4) is 0 Å². The van der Waals surface area contributed by atoms with Crippen molar-refractivity contribution < 1.29 is 18.0 Å². The SMILES string of the molecule is CC(C)CNC(=O)[C@H](C)N(Cc1cccc(Cl)c1)C(=O)CN(c1ccccc1)S(=O)(=O)c1ccc(Cl)cc1. The van der Waals surface area contributed by atoms with Gasteiger partial charge in [0.1, 0.15) is 12.6 Å². The molecular formula is C28H31Cl2N3O4S. The van der Waals surface area contributed by atoms with Gasteiger partial charge in [0.2, 0.25) is 11.8 Å². The van der Waals surface area contributed by atoms with E-state index in [2.05, 4.69) is 5.32 Å². The van der Waals surface area contributed by atoms with Crippen molar-refractivity contribution >= 4 is 50.7 Å². The summed E-state index contributed by atoms with van der Waals surface area (Å²) in [4.78, 5) is 28.2. The Morgan fingerprint density at radius 3 is 2.13 bits per heavy atom. The van der Waals surface area contributed by atoms with Crippen LogP contribution in [0.2, 0.25) is 10.0 Å². The second-order valence-corrected chi connectivity index (χ2v) is 12.0. The molecule has 1 N–H and O–H groups in total. The van der Waals surface area contributed by atoms with Gasteiger partial charge in [-0.1, -0.05) is 67.4 Å². The van der Waals surface area contributed by atoms with E-state index in [9.17, 15) is 18.0 Å². The zero-order valence-electron chi connectivity index (χ0n) is 21.5. The third kappa shape index (κ3) is 7.72. The maximum absolute atomic E-state index is 13.8. The van der Waals surface area contributed by atoms with E-state index in [1.807, 2.05) is 13.8 Å². The molecule has 0 aliphatic heterocycles. The Kier molecular flexibility index (Phi) is 10.2. The summed E-state index contributed by atoms with van der Waals surface area (Å²) >= 11 is 12.1. The van der Waals surface area contributed by atoms with Crippen LogP contribution in [0.4, 0.5) is 5.69 Å². The number of carbonyl (C=O) groups is 2. The number of nitrogens with zero attached hydrogens (tertiary/aromatic N) is 2. The fourth-order valence-electron chi connectivity index (χ4n) is 3.72. The Hall–Kier alpha value is -3.07. The summed E-state index contributed by atoms with van der Waals surface area (Å²) in [7, 11) is -4.14. The van der Waals surface area contributed by atoms with Gasteiger partial charge in [0.15, 0.2) is 0 Å². The van der Waals surface area contributed by atoms with Gasteiger partial charge in [-0.25, -0.2) is 8.42 Å². The molecule has 0 radical (unpaired) electrons. The molecule has 202 valence electrons. The predicted octanol–water partition coefficient (Wildman–Crippen LogP) is 5.38. The first-order valence-corrected chi connectivity index (χ1v) is 14.3. The molecule has 0 bridgehead atoms. The zero-order valence-corrected chi connectivity index (χ0v) is 23.8. The molecule has 0 unspecified atom stereocenters. The van der Waals surface area contributed by atoms with Crippen LogP contribution in [0.15, 0.2) is 83.8 Å². The van der Waals surface area contributed by atoms with Gasteiger partial charge >= 0.3 is 0 Å². The van der Waals surface area contributed by atoms with Crippen LogP contribution in [0, 0.1) is 5.92 Å². The minimum atomic E-state index is -4.14. The number of hydrogen-bond donors (Lipinski definition) is 1. The van der Waals surface area contributed by atoms with Crippen molar-refractivity contribution in [1.82, 2.24) is 10.2 Å². The molecule has 3 rings (SSSR count). The number of hydrogen-bond acceptors (Lipinski definition) is 4. The van der Waals surface area contributed by atoms with Gasteiger partial charge in [0.25, 0.3) is 10.0 Å². The summed E-state index contributed by atoms with van der Waals surface area (Å²) in [6.45, 7) is 5.57. The van der Waals surface area contributed by atoms with Crippen LogP contribution >= 0.6 is 23.2 Å². The zero-order chi connectivity index (χ0) is 27.9. The number of nitrogens with one attached hydrogen (secondary N) is 1. The lowest BCUT2D eigenvalue weighted by Gasteiger charge is -2.32. The lowest BCUT2D eigenvalue weighted by molar-refractivity contribution is -0.139. The van der Waals surface area contributed by atoms with Crippen LogP contribution in [-0.2, 0) is 26.2 Å². The van der Waals surface area contributed by atoms with E-state index in [-0.39, 0.29) is 23.3 Å². The van der Waals surface area contributed by atoms with Crippen LogP contribution in [-0.4, -0.2) is 44.3 Å². The Balaban J connectivity index is 1.98. The molecule has 0 fully saturated rings. The summed E-state index contributed by atoms with van der Waals surface area (Å²) in [6, 6.07) is 20.2. The van der Waals surface area contributed by atoms with E-state index in [1.165, 1.54) is 29.2 Å². The van der Waals surface area contributed by atoms with E-state index < -0.39 is 28.5 Å². The first-order chi connectivity index (χ1) is 18.0. The number of rotatable bonds is 11. The number of anilines is 1. The molecule has 38 heavy (non-hydrogen) atoms. The summed E-state index contributed by atoms with van der Waals surface area (Å²) in [6.07, 6.45) is 0. The van der Waals surface area contributed by atoms with Gasteiger partial charge < -0.3 is 10.2 Å². The Morgan fingerprint density at radius 2 is 1.53 bits per heavy atom. The molecule has 0 aliphatic carbocycles. The predicted molar refractivity (Wildman–Crippen MR) is 152 cm³/mol. The highest BCUT2D eigenvalue weighted by atomic mass is 35.5. The number of benzene rings is 3. The highest BCUT2D eigenvalue weighted by molar-refractivity contribution is 7.92. The van der Waals surface area contributed by atoms with E-state index in [4.69, 9.17) is 23.2 Å². The highest BCUT2D eigenvalue weighted by Crippen LogP contribution is 2.25. The summed E-state index contributed by atoms with van der Waals surface area (Å²) < 4.78 is 28.4. The van der Waals surface area contributed by atoms with Crippen molar-refractivity contribution in [2.45, 2.75) is 38.3 Å². The van der Waals surface area contributed by atoms with Gasteiger partial charge in [-0.15, -0.1) is 0 Å². The fraction of sp³-hybridized carbons (Fsp3) is 0.286. The van der Waals surface area contributed by atoms with Gasteiger partial charge in [-0.3, -0.25) is 13.9 Å². The minimum absolute atomic E-state index is 0.0114. The van der Waals surface area contributed by atoms with E-state index in [0.29, 0.717) is 27.8 Å². The molecular weight excluding hydrogens is 545 g/mol. The molecule has 7 nitrogen and oxygen atoms in total. The molecule has 3 aromatic rings. The average Bonchev–Trinajstić information content (AvgIpc) is 2.89. The van der Waals surface area contributed by atoms with Crippen molar-refractivity contribution in [2.24, 2.45) is 5.92 Å². The standard InChI is InChI=1S/C28H31Cl2N3O4S/c1-20(2)17-31-28(35)21(3)32(18-22-8-7-9-24(30)16-22)27(34)19-33(25-10-5-4-6-11-25)38(36,37)26-14-12-23(29)13-15-26/h4-16,20-21H,17-19H2,1-3H3,(H,31,35)/t21-/m0/s1. The first-order valence-electron chi connectivity index (χ1n) is 12.1. The summed E-state index contributed by atoms with van der Waals surface area (Å²) in [5, 5.41) is 3.74. The number of sulfonamides is 1. The van der Waals surface area contributed by atoms with Crippen molar-refractivity contribution in [1.29, 1.82) is 0 Å². The van der Waals surface area contributed by atoms with E-state index in [0.717, 1.165) is 4.31 Å². The van der Waals surface area contributed by atoms with Crippen LogP contribution in [0.1, 0.15) is 26.3 Å². The fourth-order valence-corrected chi connectivity index (χ4v) is 5.48. The molecule has 1 atom stereocenters. The van der Waals surface area contributed by atoms with Crippen LogP contribution < -0.4 is 9.62 Å². The van der Waals surface area contributed by atoms with Crippen LogP contribution in [0.5, 0.6) is 0 Å². The number of halogens is 2. The molecule has 2 amide bonds. The number of carbonyl (C=O) groups excluding carboxylic acids is 2. The van der Waals surface area contributed by atoms with Gasteiger partial charge in [-0.2, -0.15) is 0 Å². The first kappa shape index (κ1) is 29.5. The van der Waals surface area contributed by atoms with E-state index in [1.54, 1.807) is 61.5 Å². The molecule has 0 saturated carbocycles. The van der Waals surface area contributed by atoms with Crippen molar-refractivity contribution in [3.63, 3.8) is 0 Å². The second-order valence-electron chi connectivity index (χ2n) is 9.27. The Bertz CT molecular complexity index is 1350. The lowest BCUT2D eigenvalue weighted by atomic mass is 10.1. The Morgan fingerprint density at radius 1 is 0.868 bits per heavy atom. The highest BCUT2D eigenvalue weighted by Gasteiger charge is 2.32. The monoisotopic (exact) mass is 575 g/mol. The van der Waals surface area contributed by atoms with E-state index >= 15 is 0 Å². The third-order valence-corrected chi connectivity index (χ3v) is 8.09. The molecule has 0 heterocycles. The third-order valence-electron chi connectivity index (χ3n) is 5.82. The molecule has 3 aromatic carbocycles. The maximum atomic E-state index is 13.8. The smallest absolute Gasteiger partial charge is 0.264 e. The van der Waals surface area contributed by atoms with Gasteiger partial charge in [0, 0.05) is 23.1 Å². The van der Waals surface area contributed by atoms with Crippen LogP contribution in [0.25, 0.3) is 0 Å². The average molecular weight is 577 g/mol. The summed E-state index contributed by atoms with van der Waals surface area (Å²) in [5.74, 6) is -0.652. The molecule has 0 spiro atoms. The largest absolute Gasteiger partial charge is 0.354 e. The lowest BCUT2D eigenvalue weighted by Crippen LogP contribution is -2.51. The molecule has 0 aliphatic rings. The van der Waals surface area contributed by atoms with Crippen molar-refractivity contribution in [3.8, 4) is 0 Å².